The van der Waals surface area contributed by atoms with Crippen molar-refractivity contribution < 1.29 is 31.5 Å². The van der Waals surface area contributed by atoms with E-state index in [0.717, 1.165) is 23.5 Å². The molecule has 1 heterocycles. The molecule has 152 valence electrons. The first-order chi connectivity index (χ1) is 13.6. The smallest absolute Gasteiger partial charge is 0.406 e. The summed E-state index contributed by atoms with van der Waals surface area (Å²) >= 11 is 0.853. The van der Waals surface area contributed by atoms with E-state index in [1.807, 2.05) is 0 Å². The number of hydrogen-bond acceptors (Lipinski definition) is 4. The van der Waals surface area contributed by atoms with Crippen LogP contribution in [-0.4, -0.2) is 17.3 Å². The summed E-state index contributed by atoms with van der Waals surface area (Å²) < 4.78 is 67.0. The zero-order valence-electron chi connectivity index (χ0n) is 14.8. The van der Waals surface area contributed by atoms with E-state index in [9.17, 15) is 26.7 Å². The molecule has 0 fully saturated rings. The number of anilines is 1. The molecule has 1 N–H and O–H groups in total. The molecule has 0 saturated heterocycles. The Labute approximate surface area is 166 Å². The predicted octanol–water partition coefficient (Wildman–Crippen LogP) is 6.21. The van der Waals surface area contributed by atoms with Gasteiger partial charge >= 0.3 is 6.36 Å². The summed E-state index contributed by atoms with van der Waals surface area (Å²) in [7, 11) is 0. The quantitative estimate of drug-likeness (QED) is 0.492. The lowest BCUT2D eigenvalue weighted by molar-refractivity contribution is -0.274. The van der Waals surface area contributed by atoms with E-state index < -0.39 is 24.4 Å². The van der Waals surface area contributed by atoms with Gasteiger partial charge < -0.3 is 10.1 Å². The van der Waals surface area contributed by atoms with E-state index in [1.54, 1.807) is 24.3 Å². The van der Waals surface area contributed by atoms with E-state index >= 15 is 0 Å². The number of aromatic nitrogens is 1. The summed E-state index contributed by atoms with van der Waals surface area (Å²) in [4.78, 5) is 16.0. The first kappa shape index (κ1) is 20.7. The van der Waals surface area contributed by atoms with Gasteiger partial charge in [0.1, 0.15) is 16.3 Å². The number of thiazole rings is 1. The zero-order valence-corrected chi connectivity index (χ0v) is 15.6. The van der Waals surface area contributed by atoms with E-state index in [0.29, 0.717) is 21.8 Å². The molecule has 0 bridgehead atoms. The minimum absolute atomic E-state index is 0.193. The maximum atomic E-state index is 13.1. The number of para-hydroxylation sites is 1. The lowest BCUT2D eigenvalue weighted by Gasteiger charge is -2.13. The van der Waals surface area contributed by atoms with Gasteiger partial charge in [-0.1, -0.05) is 30.3 Å². The van der Waals surface area contributed by atoms with Gasteiger partial charge in [0.15, 0.2) is 0 Å². The number of nitrogens with one attached hydrogen (secondary N) is 1. The number of halogens is 5. The minimum atomic E-state index is -4.80. The SMILES string of the molecule is Cc1nc(C(F)F)c(C(=O)Nc2ccccc2-c2ccc(OC(F)(F)F)cc2)s1. The van der Waals surface area contributed by atoms with Crippen LogP contribution in [0.25, 0.3) is 11.1 Å². The van der Waals surface area contributed by atoms with Crippen molar-refractivity contribution >= 4 is 22.9 Å². The van der Waals surface area contributed by atoms with Crippen molar-refractivity contribution in [2.24, 2.45) is 0 Å². The summed E-state index contributed by atoms with van der Waals surface area (Å²) in [5.41, 5.74) is 0.730. The number of amides is 1. The van der Waals surface area contributed by atoms with Gasteiger partial charge in [-0.25, -0.2) is 13.8 Å². The molecule has 2 aromatic carbocycles. The molecule has 0 unspecified atom stereocenters. The largest absolute Gasteiger partial charge is 0.573 e. The van der Waals surface area contributed by atoms with Crippen LogP contribution < -0.4 is 10.1 Å². The topological polar surface area (TPSA) is 51.2 Å². The summed E-state index contributed by atoms with van der Waals surface area (Å²) in [5.74, 6) is -1.13. The highest BCUT2D eigenvalue weighted by Gasteiger charge is 2.31. The lowest BCUT2D eigenvalue weighted by atomic mass is 10.0. The number of benzene rings is 2. The number of aryl methyl sites for hydroxylation is 1. The number of carbonyl (C=O) groups is 1. The van der Waals surface area contributed by atoms with Crippen LogP contribution in [0.5, 0.6) is 5.75 Å². The minimum Gasteiger partial charge on any atom is -0.406 e. The molecule has 3 aromatic rings. The molecule has 3 rings (SSSR count). The Morgan fingerprint density at radius 3 is 2.38 bits per heavy atom. The van der Waals surface area contributed by atoms with Crippen molar-refractivity contribution in [2.45, 2.75) is 19.7 Å². The Morgan fingerprint density at radius 2 is 1.76 bits per heavy atom. The molecule has 0 aliphatic rings. The second-order valence-electron chi connectivity index (χ2n) is 5.82. The number of carbonyl (C=O) groups excluding carboxylic acids is 1. The van der Waals surface area contributed by atoms with E-state index in [-0.39, 0.29) is 10.6 Å². The molecular weight excluding hydrogens is 415 g/mol. The van der Waals surface area contributed by atoms with Crippen LogP contribution in [-0.2, 0) is 0 Å². The Balaban J connectivity index is 1.87. The Morgan fingerprint density at radius 1 is 1.10 bits per heavy atom. The van der Waals surface area contributed by atoms with E-state index in [1.165, 1.54) is 19.1 Å². The van der Waals surface area contributed by atoms with E-state index in [2.05, 4.69) is 15.0 Å². The second-order valence-corrected chi connectivity index (χ2v) is 7.02. The summed E-state index contributed by atoms with van der Waals surface area (Å²) in [6, 6.07) is 11.6. The van der Waals surface area contributed by atoms with Gasteiger partial charge in [0.25, 0.3) is 12.3 Å². The fraction of sp³-hybridized carbons (Fsp3) is 0.158. The van der Waals surface area contributed by atoms with Crippen molar-refractivity contribution in [1.82, 2.24) is 4.98 Å². The highest BCUT2D eigenvalue weighted by Crippen LogP contribution is 2.32. The van der Waals surface area contributed by atoms with Crippen LogP contribution in [0.15, 0.2) is 48.5 Å². The molecule has 0 atom stereocenters. The highest BCUT2D eigenvalue weighted by molar-refractivity contribution is 7.13. The van der Waals surface area contributed by atoms with E-state index in [4.69, 9.17) is 0 Å². The summed E-state index contributed by atoms with van der Waals surface area (Å²) in [6.45, 7) is 1.52. The highest BCUT2D eigenvalue weighted by atomic mass is 32.1. The van der Waals surface area contributed by atoms with Crippen LogP contribution in [0.4, 0.5) is 27.6 Å². The van der Waals surface area contributed by atoms with Crippen molar-refractivity contribution in [3.63, 3.8) is 0 Å². The molecule has 0 saturated carbocycles. The fourth-order valence-electron chi connectivity index (χ4n) is 2.61. The Bertz CT molecular complexity index is 1020. The Hall–Kier alpha value is -3.01. The molecule has 0 radical (unpaired) electrons. The monoisotopic (exact) mass is 428 g/mol. The molecule has 0 aliphatic carbocycles. The van der Waals surface area contributed by atoms with Gasteiger partial charge in [0.05, 0.1) is 5.01 Å². The van der Waals surface area contributed by atoms with Gasteiger partial charge in [-0.15, -0.1) is 24.5 Å². The average Bonchev–Trinajstić information content (AvgIpc) is 3.04. The van der Waals surface area contributed by atoms with Gasteiger partial charge in [-0.2, -0.15) is 0 Å². The Kier molecular flexibility index (Phi) is 5.83. The fourth-order valence-corrected chi connectivity index (χ4v) is 3.44. The van der Waals surface area contributed by atoms with Crippen molar-refractivity contribution in [3.8, 4) is 16.9 Å². The molecule has 29 heavy (non-hydrogen) atoms. The number of alkyl halides is 5. The van der Waals surface area contributed by atoms with Crippen LogP contribution in [0.1, 0.15) is 26.8 Å². The normalized spacial score (nSPS) is 11.6. The predicted molar refractivity (Wildman–Crippen MR) is 98.3 cm³/mol. The molecule has 1 amide bonds. The third-order valence-electron chi connectivity index (χ3n) is 3.75. The molecular formula is C19H13F5N2O2S. The molecule has 1 aromatic heterocycles. The van der Waals surface area contributed by atoms with Crippen LogP contribution in [0.3, 0.4) is 0 Å². The van der Waals surface area contributed by atoms with Gasteiger partial charge in [0, 0.05) is 11.3 Å². The number of rotatable bonds is 5. The third-order valence-corrected chi connectivity index (χ3v) is 4.73. The van der Waals surface area contributed by atoms with Crippen LogP contribution >= 0.6 is 11.3 Å². The van der Waals surface area contributed by atoms with Crippen molar-refractivity contribution in [1.29, 1.82) is 0 Å². The third kappa shape index (κ3) is 5.08. The molecule has 4 nitrogen and oxygen atoms in total. The first-order valence-electron chi connectivity index (χ1n) is 8.16. The summed E-state index contributed by atoms with van der Waals surface area (Å²) in [5, 5.41) is 2.91. The van der Waals surface area contributed by atoms with Gasteiger partial charge in [0.2, 0.25) is 0 Å². The van der Waals surface area contributed by atoms with Gasteiger partial charge in [-0.05, 0) is 30.7 Å². The molecule has 0 aliphatic heterocycles. The standard InChI is InChI=1S/C19H13F5N2O2S/c1-10-25-15(17(20)21)16(29-10)18(27)26-14-5-3-2-4-13(14)11-6-8-12(9-7-11)28-19(22,23)24/h2-9,17H,1H3,(H,26,27). The molecule has 0 spiro atoms. The van der Waals surface area contributed by atoms with Crippen molar-refractivity contribution in [3.05, 3.63) is 64.1 Å². The van der Waals surface area contributed by atoms with Crippen LogP contribution in [0.2, 0.25) is 0 Å². The molecule has 10 heteroatoms. The number of ether oxygens (including phenoxy) is 1. The first-order valence-corrected chi connectivity index (χ1v) is 8.98. The number of hydrogen-bond donors (Lipinski definition) is 1. The van der Waals surface area contributed by atoms with Gasteiger partial charge in [-0.3, -0.25) is 4.79 Å². The second kappa shape index (κ2) is 8.16. The maximum Gasteiger partial charge on any atom is 0.573 e. The maximum absolute atomic E-state index is 13.1. The van der Waals surface area contributed by atoms with Crippen LogP contribution in [0, 0.1) is 6.92 Å². The zero-order chi connectivity index (χ0) is 21.2. The van der Waals surface area contributed by atoms with Crippen molar-refractivity contribution in [2.75, 3.05) is 5.32 Å². The average molecular weight is 428 g/mol. The lowest BCUT2D eigenvalue weighted by Crippen LogP contribution is -2.17. The number of nitrogens with zero attached hydrogens (tertiary/aromatic N) is 1. The summed E-state index contributed by atoms with van der Waals surface area (Å²) in [6.07, 6.45) is -7.69.